The molecule has 0 radical (unpaired) electrons. The fourth-order valence-corrected chi connectivity index (χ4v) is 7.09. The highest BCUT2D eigenvalue weighted by Crippen LogP contribution is 2.51. The summed E-state index contributed by atoms with van der Waals surface area (Å²) in [5.74, 6) is -1.88. The van der Waals surface area contributed by atoms with Gasteiger partial charge >= 0.3 is 7.12 Å². The van der Waals surface area contributed by atoms with E-state index in [4.69, 9.17) is 9.39 Å². The lowest BCUT2D eigenvalue weighted by molar-refractivity contribution is -0.384. The molecular formula is C29H30BIN2O8. The zero-order chi connectivity index (χ0) is 29.6. The smallest absolute Gasteiger partial charge is 0.455 e. The first-order valence-electron chi connectivity index (χ1n) is 13.4. The normalized spacial score (nSPS) is 24.5. The van der Waals surface area contributed by atoms with Crippen LogP contribution in [-0.2, 0) is 14.2 Å². The number of imide groups is 1. The molecule has 1 aliphatic carbocycles. The van der Waals surface area contributed by atoms with E-state index in [1.165, 1.54) is 31.4 Å². The molecule has 214 valence electrons. The van der Waals surface area contributed by atoms with Crippen LogP contribution in [0.25, 0.3) is 6.08 Å². The average molecular weight is 672 g/mol. The van der Waals surface area contributed by atoms with Crippen molar-refractivity contribution in [1.82, 2.24) is 0 Å². The number of phenols is 1. The number of halogens is 1. The third-order valence-corrected chi connectivity index (χ3v) is 9.06. The maximum absolute atomic E-state index is 13.7. The number of fused-ring (bicyclic) bond motifs is 3. The van der Waals surface area contributed by atoms with Gasteiger partial charge in [-0.05, 0) is 97.3 Å². The lowest BCUT2D eigenvalue weighted by Gasteiger charge is -2.42. The Morgan fingerprint density at radius 3 is 2.73 bits per heavy atom. The Kier molecular flexibility index (Phi) is 8.26. The fraction of sp³-hybridized carbons (Fsp3) is 0.379. The van der Waals surface area contributed by atoms with Gasteiger partial charge in [-0.25, -0.2) is 4.90 Å². The molecule has 2 saturated heterocycles. The van der Waals surface area contributed by atoms with Crippen molar-refractivity contribution in [3.8, 4) is 11.5 Å². The van der Waals surface area contributed by atoms with Crippen molar-refractivity contribution < 1.29 is 34.0 Å². The van der Waals surface area contributed by atoms with Gasteiger partial charge in [0.25, 0.3) is 5.69 Å². The number of nitrogens with zero attached hydrogens (tertiary/aromatic N) is 2. The SMILES string of the molecule is COc1cc(/C=C(\C)CC[C@H]2OB(O)C[C@H]3C2=C(C)C[C@H]2C(=O)N(c4cccc([N+](=O)[O-])c4)C(=O)[C@H]23)cc(I)c1O. The molecule has 2 fully saturated rings. The number of methoxy groups -OCH3 is 1. The number of carbonyl (C=O) groups is 2. The molecule has 4 atom stereocenters. The predicted molar refractivity (Wildman–Crippen MR) is 161 cm³/mol. The Bertz CT molecular complexity index is 1490. The van der Waals surface area contributed by atoms with Crippen LogP contribution < -0.4 is 9.64 Å². The number of nitro benzene ring substituents is 1. The number of allylic oxidation sites excluding steroid dienone is 2. The first kappa shape index (κ1) is 29.3. The highest BCUT2D eigenvalue weighted by Gasteiger charge is 2.57. The van der Waals surface area contributed by atoms with Crippen LogP contribution in [0.2, 0.25) is 6.32 Å². The third kappa shape index (κ3) is 5.52. The number of amides is 2. The molecule has 0 spiro atoms. The van der Waals surface area contributed by atoms with E-state index in [0.29, 0.717) is 28.6 Å². The number of hydrogen-bond donors (Lipinski definition) is 2. The second-order valence-corrected chi connectivity index (χ2v) is 12.0. The highest BCUT2D eigenvalue weighted by atomic mass is 127. The van der Waals surface area contributed by atoms with E-state index in [1.807, 2.05) is 26.0 Å². The molecule has 2 aliphatic heterocycles. The minimum Gasteiger partial charge on any atom is -0.504 e. The maximum atomic E-state index is 13.7. The summed E-state index contributed by atoms with van der Waals surface area (Å²) < 4.78 is 11.9. The summed E-state index contributed by atoms with van der Waals surface area (Å²) in [7, 11) is 0.423. The van der Waals surface area contributed by atoms with Crippen molar-refractivity contribution in [2.45, 2.75) is 45.5 Å². The van der Waals surface area contributed by atoms with Crippen LogP contribution in [0, 0.1) is 31.4 Å². The molecule has 0 bridgehead atoms. The predicted octanol–water partition coefficient (Wildman–Crippen LogP) is 5.12. The quantitative estimate of drug-likeness (QED) is 0.103. The lowest BCUT2D eigenvalue weighted by Crippen LogP contribution is -2.46. The summed E-state index contributed by atoms with van der Waals surface area (Å²) in [6.45, 7) is 3.95. The molecule has 10 nitrogen and oxygen atoms in total. The number of phenolic OH excluding ortho intramolecular Hbond substituents is 1. The number of rotatable bonds is 7. The van der Waals surface area contributed by atoms with E-state index in [2.05, 4.69) is 22.6 Å². The van der Waals surface area contributed by atoms with Gasteiger partial charge < -0.3 is 19.5 Å². The first-order chi connectivity index (χ1) is 19.5. The summed E-state index contributed by atoms with van der Waals surface area (Å²) in [6, 6.07) is 9.19. The van der Waals surface area contributed by atoms with Crippen molar-refractivity contribution in [2.75, 3.05) is 12.0 Å². The second-order valence-electron chi connectivity index (χ2n) is 10.9. The number of aromatic hydroxyl groups is 1. The lowest BCUT2D eigenvalue weighted by atomic mass is 9.59. The summed E-state index contributed by atoms with van der Waals surface area (Å²) in [5, 5.41) is 32.1. The van der Waals surface area contributed by atoms with Crippen LogP contribution in [-0.4, -0.2) is 47.2 Å². The fourth-order valence-electron chi connectivity index (χ4n) is 6.47. The van der Waals surface area contributed by atoms with Crippen LogP contribution in [0.3, 0.4) is 0 Å². The van der Waals surface area contributed by atoms with Crippen molar-refractivity contribution in [3.63, 3.8) is 0 Å². The van der Waals surface area contributed by atoms with Crippen LogP contribution in [0.15, 0.2) is 53.1 Å². The van der Waals surface area contributed by atoms with Gasteiger partial charge in [0.2, 0.25) is 11.8 Å². The largest absolute Gasteiger partial charge is 0.504 e. The molecule has 12 heteroatoms. The summed E-state index contributed by atoms with van der Waals surface area (Å²) in [4.78, 5) is 39.0. The van der Waals surface area contributed by atoms with Crippen molar-refractivity contribution in [2.24, 2.45) is 17.8 Å². The van der Waals surface area contributed by atoms with E-state index in [1.54, 1.807) is 6.07 Å². The highest BCUT2D eigenvalue weighted by molar-refractivity contribution is 14.1. The zero-order valence-electron chi connectivity index (χ0n) is 22.9. The number of anilines is 1. The monoisotopic (exact) mass is 672 g/mol. The standard InChI is InChI=1S/C29H30BIN2O8/c1-15(9-17-11-22(31)27(34)24(12-17)40-3)7-8-23-25-16(2)10-20-26(21(25)14-30(37)41-23)29(36)32(28(20)35)18-5-4-6-19(13-18)33(38)39/h4-6,9,11-13,20-21,23,26,34,37H,7-8,10,14H2,1-3H3/b15-9+/t20-,21+,23-,26-/m1/s1. The number of non-ortho nitro benzene ring substituents is 1. The Morgan fingerprint density at radius 1 is 1.27 bits per heavy atom. The van der Waals surface area contributed by atoms with Gasteiger partial charge in [0.05, 0.1) is 39.2 Å². The van der Waals surface area contributed by atoms with Gasteiger partial charge in [-0.1, -0.05) is 23.3 Å². The van der Waals surface area contributed by atoms with Crippen LogP contribution in [0.5, 0.6) is 11.5 Å². The maximum Gasteiger partial charge on any atom is 0.455 e. The summed E-state index contributed by atoms with van der Waals surface area (Å²) >= 11 is 2.05. The van der Waals surface area contributed by atoms with E-state index >= 15 is 0 Å². The summed E-state index contributed by atoms with van der Waals surface area (Å²) in [6.07, 6.45) is 3.41. The van der Waals surface area contributed by atoms with Crippen LogP contribution in [0.1, 0.15) is 38.7 Å². The third-order valence-electron chi connectivity index (χ3n) is 8.24. The molecule has 0 aromatic heterocycles. The van der Waals surface area contributed by atoms with Crippen LogP contribution in [0.4, 0.5) is 11.4 Å². The molecule has 2 amide bonds. The molecule has 0 saturated carbocycles. The molecule has 2 aromatic carbocycles. The van der Waals surface area contributed by atoms with Crippen molar-refractivity contribution in [3.05, 3.63) is 72.4 Å². The molecule has 2 N–H and O–H groups in total. The summed E-state index contributed by atoms with van der Waals surface area (Å²) in [5.41, 5.74) is 3.88. The Morgan fingerprint density at radius 2 is 2.02 bits per heavy atom. The number of ether oxygens (including phenoxy) is 1. The minimum absolute atomic E-state index is 0.0977. The molecule has 2 heterocycles. The molecule has 0 unspecified atom stereocenters. The molecule has 41 heavy (non-hydrogen) atoms. The van der Waals surface area contributed by atoms with Gasteiger partial charge in [-0.3, -0.25) is 19.7 Å². The average Bonchev–Trinajstić information content (AvgIpc) is 3.18. The van der Waals surface area contributed by atoms with Gasteiger partial charge in [0, 0.05) is 12.1 Å². The Hall–Kier alpha value is -3.23. The molecule has 5 rings (SSSR count). The van der Waals surface area contributed by atoms with Crippen molar-refractivity contribution in [1.29, 1.82) is 0 Å². The molecule has 3 aliphatic rings. The van der Waals surface area contributed by atoms with Gasteiger partial charge in [-0.15, -0.1) is 0 Å². The topological polar surface area (TPSA) is 139 Å². The Balaban J connectivity index is 1.38. The number of carbonyl (C=O) groups excluding carboxylic acids is 2. The number of nitro groups is 1. The van der Waals surface area contributed by atoms with E-state index < -0.39 is 35.9 Å². The first-order valence-corrected chi connectivity index (χ1v) is 14.5. The van der Waals surface area contributed by atoms with Gasteiger partial charge in [0.1, 0.15) is 0 Å². The molecular weight excluding hydrogens is 642 g/mol. The second kappa shape index (κ2) is 11.6. The van der Waals surface area contributed by atoms with Gasteiger partial charge in [0.15, 0.2) is 11.5 Å². The zero-order valence-corrected chi connectivity index (χ0v) is 25.0. The number of benzene rings is 2. The van der Waals surface area contributed by atoms with E-state index in [-0.39, 0.29) is 35.3 Å². The van der Waals surface area contributed by atoms with Crippen LogP contribution >= 0.6 is 22.6 Å². The Labute approximate surface area is 251 Å². The molecule has 2 aromatic rings. The van der Waals surface area contributed by atoms with E-state index in [0.717, 1.165) is 27.2 Å². The minimum atomic E-state index is -1.08. The van der Waals surface area contributed by atoms with Crippen molar-refractivity contribution >= 4 is 59.0 Å². The van der Waals surface area contributed by atoms with Gasteiger partial charge in [-0.2, -0.15) is 0 Å². The number of hydrogen-bond acceptors (Lipinski definition) is 8. The van der Waals surface area contributed by atoms with E-state index in [9.17, 15) is 29.8 Å².